The molecule has 190 valence electrons. The second-order valence-corrected chi connectivity index (χ2v) is 10.2. The van der Waals surface area contributed by atoms with Gasteiger partial charge in [0.05, 0.1) is 11.6 Å². The first kappa shape index (κ1) is 22.0. The van der Waals surface area contributed by atoms with Crippen molar-refractivity contribution in [1.29, 1.82) is 0 Å². The van der Waals surface area contributed by atoms with E-state index in [4.69, 9.17) is 9.72 Å². The Morgan fingerprint density at radius 2 is 1.32 bits per heavy atom. The van der Waals surface area contributed by atoms with Gasteiger partial charge in [0.15, 0.2) is 11.9 Å². The van der Waals surface area contributed by atoms with E-state index in [0.29, 0.717) is 0 Å². The summed E-state index contributed by atoms with van der Waals surface area (Å²) in [6.07, 6.45) is 14.4. The number of aliphatic imine (C=N–C) groups is 1. The summed E-state index contributed by atoms with van der Waals surface area (Å²) in [6, 6.07) is 29.5. The first-order valence-electron chi connectivity index (χ1n) is 13.4. The molecule has 1 aliphatic rings. The van der Waals surface area contributed by atoms with Gasteiger partial charge in [0, 0.05) is 46.3 Å². The number of pyridine rings is 2. The van der Waals surface area contributed by atoms with Crippen molar-refractivity contribution in [2.24, 2.45) is 4.99 Å². The molecule has 0 unspecified atom stereocenters. The Labute approximate surface area is 234 Å². The van der Waals surface area contributed by atoms with Gasteiger partial charge < -0.3 is 4.74 Å². The topological polar surface area (TPSA) is 56.2 Å². The van der Waals surface area contributed by atoms with Gasteiger partial charge in [-0.15, -0.1) is 0 Å². The highest BCUT2D eigenvalue weighted by Gasteiger charge is 2.22. The minimum atomic E-state index is 0.740. The third kappa shape index (κ3) is 3.26. The van der Waals surface area contributed by atoms with Crippen molar-refractivity contribution >= 4 is 61.9 Å². The van der Waals surface area contributed by atoms with Crippen LogP contribution in [0.4, 0.5) is 5.82 Å². The second kappa shape index (κ2) is 8.33. The molecule has 4 aromatic heterocycles. The number of fused-ring (bicyclic) bond motifs is 12. The summed E-state index contributed by atoms with van der Waals surface area (Å²) in [7, 11) is 0. The van der Waals surface area contributed by atoms with Crippen LogP contribution in [0.3, 0.4) is 0 Å². The van der Waals surface area contributed by atoms with Crippen molar-refractivity contribution in [2.45, 2.75) is 0 Å². The number of allylic oxidation sites excluding steroid dienone is 1. The standard InChI is InChI=1S/C35H20N5O/c1-2-5-22(6-3-1)23-8-11-28-26-12-9-24(20-30(26)34-37-15-17-39(34)32(28)19-23)41-25-10-13-27-29-7-4-14-36-33(29)40-18-16-38-35(40)31(27)21-25/h1-13,15-21H/q+1. The van der Waals surface area contributed by atoms with E-state index in [2.05, 4.69) is 87.3 Å². The predicted octanol–water partition coefficient (Wildman–Crippen LogP) is 8.51. The molecule has 6 nitrogen and oxygen atoms in total. The lowest BCUT2D eigenvalue weighted by Gasteiger charge is -2.13. The Morgan fingerprint density at radius 1 is 0.610 bits per heavy atom. The number of hydrogen-bond acceptors (Lipinski definition) is 4. The molecule has 8 aromatic rings. The van der Waals surface area contributed by atoms with Gasteiger partial charge in [0.1, 0.15) is 28.8 Å². The molecule has 1 aliphatic heterocycles. The van der Waals surface area contributed by atoms with E-state index in [1.54, 1.807) is 6.20 Å². The highest BCUT2D eigenvalue weighted by atomic mass is 16.5. The number of benzene rings is 4. The van der Waals surface area contributed by atoms with E-state index in [1.807, 2.05) is 53.3 Å². The number of nitrogens with zero attached hydrogens (tertiary/aromatic N) is 5. The summed E-state index contributed by atoms with van der Waals surface area (Å²) in [5.74, 6) is 2.32. The zero-order valence-corrected chi connectivity index (χ0v) is 21.7. The maximum absolute atomic E-state index is 6.45. The fourth-order valence-electron chi connectivity index (χ4n) is 6.04. The molecule has 0 saturated carbocycles. The molecule has 0 amide bonds. The molecule has 0 fully saturated rings. The van der Waals surface area contributed by atoms with Gasteiger partial charge in [0.2, 0.25) is 0 Å². The number of aromatic nitrogens is 4. The van der Waals surface area contributed by atoms with Crippen molar-refractivity contribution < 1.29 is 4.74 Å². The van der Waals surface area contributed by atoms with Crippen molar-refractivity contribution in [3.8, 4) is 22.6 Å². The van der Waals surface area contributed by atoms with Crippen LogP contribution in [0, 0.1) is 0 Å². The first-order valence-corrected chi connectivity index (χ1v) is 13.4. The van der Waals surface area contributed by atoms with Crippen LogP contribution in [0.25, 0.3) is 60.9 Å². The lowest BCUT2D eigenvalue weighted by Crippen LogP contribution is -1.95. The number of ether oxygens (including phenoxy) is 1. The van der Waals surface area contributed by atoms with Crippen molar-refractivity contribution in [2.75, 3.05) is 0 Å². The zero-order chi connectivity index (χ0) is 26.9. The maximum atomic E-state index is 6.45. The van der Waals surface area contributed by atoms with E-state index in [-0.39, 0.29) is 0 Å². The highest BCUT2D eigenvalue weighted by Crippen LogP contribution is 2.38. The molecule has 6 heteroatoms. The molecule has 0 saturated heterocycles. The van der Waals surface area contributed by atoms with Gasteiger partial charge in [0.25, 0.3) is 5.82 Å². The van der Waals surface area contributed by atoms with Gasteiger partial charge in [-0.1, -0.05) is 42.5 Å². The van der Waals surface area contributed by atoms with Crippen molar-refractivity contribution in [3.05, 3.63) is 121 Å². The van der Waals surface area contributed by atoms with Crippen LogP contribution in [0.2, 0.25) is 0 Å². The molecule has 5 heterocycles. The van der Waals surface area contributed by atoms with E-state index in [9.17, 15) is 0 Å². The normalized spacial score (nSPS) is 12.5. The summed E-state index contributed by atoms with van der Waals surface area (Å²) in [5.41, 5.74) is 6.28. The van der Waals surface area contributed by atoms with E-state index in [1.165, 1.54) is 16.5 Å². The highest BCUT2D eigenvalue weighted by molar-refractivity contribution is 6.13. The predicted molar refractivity (Wildman–Crippen MR) is 165 cm³/mol. The molecule has 0 spiro atoms. The first-order chi connectivity index (χ1) is 20.3. The lowest BCUT2D eigenvalue weighted by atomic mass is 10.0. The molecule has 9 rings (SSSR count). The van der Waals surface area contributed by atoms with Gasteiger partial charge in [-0.25, -0.2) is 14.4 Å². The Hall–Kier alpha value is -5.84. The van der Waals surface area contributed by atoms with Gasteiger partial charge in [-0.3, -0.25) is 4.40 Å². The van der Waals surface area contributed by atoms with E-state index < -0.39 is 0 Å². The second-order valence-electron chi connectivity index (χ2n) is 10.2. The molecule has 0 radical (unpaired) electrons. The van der Waals surface area contributed by atoms with Crippen molar-refractivity contribution in [3.63, 3.8) is 0 Å². The van der Waals surface area contributed by atoms with Crippen LogP contribution in [0.15, 0.2) is 121 Å². The molecule has 0 atom stereocenters. The SMILES string of the molecule is [C+]1=Nc2c(c3ccc(Oc4ccc5c6ccc(-c7ccccc7)cc6n6ccnc6c5c4)cc3c3nccn23)C=C1. The Morgan fingerprint density at radius 3 is 2.15 bits per heavy atom. The number of rotatable bonds is 3. The Balaban J connectivity index is 1.18. The average Bonchev–Trinajstić information content (AvgIpc) is 3.73. The zero-order valence-electron chi connectivity index (χ0n) is 21.7. The summed E-state index contributed by atoms with van der Waals surface area (Å²) in [6.45, 7) is 0. The quantitative estimate of drug-likeness (QED) is 0.171. The summed E-state index contributed by atoms with van der Waals surface area (Å²) in [4.78, 5) is 13.8. The summed E-state index contributed by atoms with van der Waals surface area (Å²) >= 11 is 0. The fraction of sp³-hybridized carbons (Fsp3) is 0. The molecule has 0 N–H and O–H groups in total. The molecule has 4 aromatic carbocycles. The average molecular weight is 527 g/mol. The Kier molecular flexibility index (Phi) is 4.47. The van der Waals surface area contributed by atoms with Crippen molar-refractivity contribution in [1.82, 2.24) is 18.8 Å². The largest absolute Gasteiger partial charge is 0.457 e. The molecule has 0 aliphatic carbocycles. The molecular formula is C35H20N5O+. The van der Waals surface area contributed by atoms with E-state index in [0.717, 1.165) is 61.2 Å². The minimum Gasteiger partial charge on any atom is -0.457 e. The molecular weight excluding hydrogens is 506 g/mol. The fourth-order valence-corrected chi connectivity index (χ4v) is 6.04. The summed E-state index contributed by atoms with van der Waals surface area (Å²) < 4.78 is 10.6. The molecule has 41 heavy (non-hydrogen) atoms. The molecule has 0 bridgehead atoms. The summed E-state index contributed by atoms with van der Waals surface area (Å²) in [5, 5.41) is 5.43. The number of imidazole rings is 2. The monoisotopic (exact) mass is 526 g/mol. The van der Waals surface area contributed by atoms with Crippen LogP contribution in [0.1, 0.15) is 5.56 Å². The lowest BCUT2D eigenvalue weighted by molar-refractivity contribution is 0.484. The van der Waals surface area contributed by atoms with Crippen LogP contribution in [0.5, 0.6) is 11.5 Å². The van der Waals surface area contributed by atoms with Gasteiger partial charge in [-0.2, -0.15) is 0 Å². The van der Waals surface area contributed by atoms with Gasteiger partial charge in [-0.05, 0) is 64.0 Å². The maximum Gasteiger partial charge on any atom is 0.264 e. The smallest absolute Gasteiger partial charge is 0.264 e. The van der Waals surface area contributed by atoms with Gasteiger partial charge >= 0.3 is 0 Å². The van der Waals surface area contributed by atoms with Crippen LogP contribution in [-0.2, 0) is 0 Å². The number of hydrogen-bond donors (Lipinski definition) is 0. The van der Waals surface area contributed by atoms with E-state index >= 15 is 0 Å². The van der Waals surface area contributed by atoms with Crippen LogP contribution >= 0.6 is 0 Å². The third-order valence-electron chi connectivity index (χ3n) is 7.89. The third-order valence-corrected chi connectivity index (χ3v) is 7.89. The Bertz CT molecular complexity index is 2400. The van der Waals surface area contributed by atoms with Crippen LogP contribution < -0.4 is 4.74 Å². The van der Waals surface area contributed by atoms with Crippen LogP contribution in [-0.4, -0.2) is 25.0 Å². The minimum absolute atomic E-state index is 0.740.